The summed E-state index contributed by atoms with van der Waals surface area (Å²) in [4.78, 5) is 24.3. The van der Waals surface area contributed by atoms with E-state index in [1.165, 1.54) is 6.07 Å². The van der Waals surface area contributed by atoms with Crippen molar-refractivity contribution in [1.82, 2.24) is 15.0 Å². The smallest absolute Gasteiger partial charge is 0.416 e. The Bertz CT molecular complexity index is 1350. The summed E-state index contributed by atoms with van der Waals surface area (Å²) in [6.45, 7) is 4.02. The van der Waals surface area contributed by atoms with Crippen LogP contribution in [-0.2, 0) is 22.1 Å². The van der Waals surface area contributed by atoms with Crippen LogP contribution in [-0.4, -0.2) is 54.0 Å². The van der Waals surface area contributed by atoms with Gasteiger partial charge in [-0.1, -0.05) is 53.7 Å². The molecule has 38 heavy (non-hydrogen) atoms. The molecular weight excluding hydrogens is 497 g/mol. The summed E-state index contributed by atoms with van der Waals surface area (Å²) in [5, 5.41) is 4.09. The molecule has 1 aliphatic rings. The lowest BCUT2D eigenvalue weighted by Crippen LogP contribution is -2.35. The third-order valence-corrected chi connectivity index (χ3v) is 6.34. The highest BCUT2D eigenvalue weighted by molar-refractivity contribution is 6.06. The van der Waals surface area contributed by atoms with E-state index in [0.717, 1.165) is 17.7 Å². The summed E-state index contributed by atoms with van der Waals surface area (Å²) in [5.74, 6) is -1.90. The van der Waals surface area contributed by atoms with Crippen LogP contribution in [0.15, 0.2) is 69.8 Å². The second-order valence-electron chi connectivity index (χ2n) is 9.48. The average Bonchev–Trinajstić information content (AvgIpc) is 3.31. The molecule has 4 rings (SSSR count). The predicted molar refractivity (Wildman–Crippen MR) is 136 cm³/mol. The number of aliphatic imine (C=N–C) groups is 1. The molecule has 2 atom stereocenters. The van der Waals surface area contributed by atoms with Crippen LogP contribution in [0.3, 0.4) is 0 Å². The number of likely N-dealkylation sites (N-methyl/N-ethyl adjacent to an activating group) is 1. The van der Waals surface area contributed by atoms with Crippen LogP contribution in [0.5, 0.6) is 0 Å². The summed E-state index contributed by atoms with van der Waals surface area (Å²) >= 11 is 0. The lowest BCUT2D eigenvalue weighted by atomic mass is 9.75. The number of carbonyl (C=O) groups is 1. The normalized spacial score (nSPS) is 18.1. The number of nitrogens with zero attached hydrogens (tertiary/aromatic N) is 4. The zero-order chi connectivity index (χ0) is 27.4. The fourth-order valence-electron chi connectivity index (χ4n) is 4.52. The molecule has 0 saturated carbocycles. The zero-order valence-electron chi connectivity index (χ0n) is 21.6. The van der Waals surface area contributed by atoms with Gasteiger partial charge >= 0.3 is 12.1 Å². The van der Waals surface area contributed by atoms with Crippen molar-refractivity contribution in [3.05, 3.63) is 88.7 Å². The highest BCUT2D eigenvalue weighted by Gasteiger charge is 2.42. The SMILES string of the molecule is CC1=NC(C)=C(c2nc(Cc3ccccc3)no2)C(c2cccc(C(F)(F)F)c2)C1C(=O)OCCN(C)C. The van der Waals surface area contributed by atoms with Gasteiger partial charge in [-0.05, 0) is 45.1 Å². The topological polar surface area (TPSA) is 80.8 Å². The van der Waals surface area contributed by atoms with Gasteiger partial charge in [-0.15, -0.1) is 0 Å². The first kappa shape index (κ1) is 27.3. The van der Waals surface area contributed by atoms with Crippen LogP contribution in [0.1, 0.15) is 48.2 Å². The number of esters is 1. The van der Waals surface area contributed by atoms with E-state index in [-0.39, 0.29) is 18.1 Å². The molecule has 1 aliphatic heterocycles. The number of ether oxygens (including phenoxy) is 1. The van der Waals surface area contributed by atoms with Gasteiger partial charge in [0.25, 0.3) is 5.89 Å². The highest BCUT2D eigenvalue weighted by atomic mass is 19.4. The van der Waals surface area contributed by atoms with E-state index in [2.05, 4.69) is 15.1 Å². The van der Waals surface area contributed by atoms with Gasteiger partial charge in [-0.25, -0.2) is 0 Å². The van der Waals surface area contributed by atoms with Crippen molar-refractivity contribution in [3.63, 3.8) is 0 Å². The molecule has 0 amide bonds. The first-order valence-corrected chi connectivity index (χ1v) is 12.2. The average molecular weight is 527 g/mol. The van der Waals surface area contributed by atoms with Gasteiger partial charge in [-0.2, -0.15) is 18.2 Å². The molecule has 0 N–H and O–H groups in total. The summed E-state index contributed by atoms with van der Waals surface area (Å²) in [6.07, 6.45) is -4.15. The first-order chi connectivity index (χ1) is 18.0. The monoisotopic (exact) mass is 526 g/mol. The minimum absolute atomic E-state index is 0.109. The highest BCUT2D eigenvalue weighted by Crippen LogP contribution is 2.45. The molecule has 0 spiro atoms. The summed E-state index contributed by atoms with van der Waals surface area (Å²) in [6, 6.07) is 14.5. The first-order valence-electron chi connectivity index (χ1n) is 12.2. The van der Waals surface area contributed by atoms with Gasteiger partial charge in [0.05, 0.1) is 5.56 Å². The Morgan fingerprint density at radius 1 is 1.08 bits per heavy atom. The van der Waals surface area contributed by atoms with Gasteiger partial charge in [0.15, 0.2) is 5.82 Å². The second-order valence-corrected chi connectivity index (χ2v) is 9.48. The van der Waals surface area contributed by atoms with Gasteiger partial charge < -0.3 is 14.2 Å². The Kier molecular flexibility index (Phi) is 8.11. The Labute approximate surface area is 219 Å². The van der Waals surface area contributed by atoms with E-state index in [0.29, 0.717) is 35.8 Å². The van der Waals surface area contributed by atoms with E-state index < -0.39 is 29.5 Å². The zero-order valence-corrected chi connectivity index (χ0v) is 21.6. The minimum Gasteiger partial charge on any atom is -0.464 e. The predicted octanol–water partition coefficient (Wildman–Crippen LogP) is 5.39. The summed E-state index contributed by atoms with van der Waals surface area (Å²) < 4.78 is 52.1. The fourth-order valence-corrected chi connectivity index (χ4v) is 4.52. The molecule has 2 aromatic carbocycles. The van der Waals surface area contributed by atoms with Crippen LogP contribution in [0, 0.1) is 5.92 Å². The Morgan fingerprint density at radius 2 is 1.82 bits per heavy atom. The summed E-state index contributed by atoms with van der Waals surface area (Å²) in [7, 11) is 3.69. The van der Waals surface area contributed by atoms with E-state index in [4.69, 9.17) is 9.26 Å². The van der Waals surface area contributed by atoms with Gasteiger partial charge in [0.2, 0.25) is 0 Å². The number of hydrogen-bond acceptors (Lipinski definition) is 7. The molecule has 2 heterocycles. The molecule has 2 unspecified atom stereocenters. The van der Waals surface area contributed by atoms with Crippen molar-refractivity contribution in [2.45, 2.75) is 32.4 Å². The van der Waals surface area contributed by atoms with Crippen LogP contribution < -0.4 is 0 Å². The quantitative estimate of drug-likeness (QED) is 0.366. The van der Waals surface area contributed by atoms with Crippen LogP contribution in [0.2, 0.25) is 0 Å². The molecule has 1 aromatic heterocycles. The fraction of sp³-hybridized carbons (Fsp3) is 0.357. The number of aromatic nitrogens is 2. The number of hydrogen-bond donors (Lipinski definition) is 0. The third-order valence-electron chi connectivity index (χ3n) is 6.34. The van der Waals surface area contributed by atoms with Gasteiger partial charge in [-0.3, -0.25) is 9.79 Å². The summed E-state index contributed by atoms with van der Waals surface area (Å²) in [5.41, 5.74) is 1.75. The minimum atomic E-state index is -4.55. The van der Waals surface area contributed by atoms with E-state index in [9.17, 15) is 18.0 Å². The van der Waals surface area contributed by atoms with Crippen molar-refractivity contribution in [2.24, 2.45) is 10.9 Å². The van der Waals surface area contributed by atoms with Crippen LogP contribution >= 0.6 is 0 Å². The Balaban J connectivity index is 1.77. The van der Waals surface area contributed by atoms with Gasteiger partial charge in [0.1, 0.15) is 12.5 Å². The number of benzene rings is 2. The molecule has 0 bridgehead atoms. The molecule has 200 valence electrons. The van der Waals surface area contributed by atoms with E-state index >= 15 is 0 Å². The molecule has 0 aliphatic carbocycles. The molecule has 7 nitrogen and oxygen atoms in total. The third kappa shape index (κ3) is 6.19. The number of alkyl halides is 3. The molecule has 0 fully saturated rings. The lowest BCUT2D eigenvalue weighted by Gasteiger charge is -2.31. The number of halogens is 3. The maximum atomic E-state index is 13.6. The van der Waals surface area contributed by atoms with Crippen molar-refractivity contribution in [1.29, 1.82) is 0 Å². The number of allylic oxidation sites excluding steroid dienone is 2. The second kappa shape index (κ2) is 11.3. The van der Waals surface area contributed by atoms with Crippen molar-refractivity contribution in [2.75, 3.05) is 27.2 Å². The lowest BCUT2D eigenvalue weighted by molar-refractivity contribution is -0.146. The maximum Gasteiger partial charge on any atom is 0.416 e. The van der Waals surface area contributed by atoms with Crippen LogP contribution in [0.25, 0.3) is 5.57 Å². The molecule has 3 aromatic rings. The Morgan fingerprint density at radius 3 is 2.50 bits per heavy atom. The molecule has 0 saturated heterocycles. The Hall–Kier alpha value is -3.79. The molecule has 0 radical (unpaired) electrons. The van der Waals surface area contributed by atoms with Crippen molar-refractivity contribution in [3.8, 4) is 0 Å². The van der Waals surface area contributed by atoms with E-state index in [1.54, 1.807) is 19.9 Å². The number of rotatable bonds is 8. The van der Waals surface area contributed by atoms with Gasteiger partial charge in [0, 0.05) is 35.9 Å². The standard InChI is InChI=1S/C28H29F3N4O3/c1-17-23(26-33-22(34-38-26)15-19-9-6-5-7-10-19)25(20-11-8-12-21(16-20)28(29,30)31)24(18(2)32-17)27(36)37-14-13-35(3)4/h5-12,16,24-25H,13-15H2,1-4H3. The number of carbonyl (C=O) groups excluding carboxylic acids is 1. The molecular formula is C28H29F3N4O3. The van der Waals surface area contributed by atoms with Crippen molar-refractivity contribution >= 4 is 17.3 Å². The van der Waals surface area contributed by atoms with Crippen molar-refractivity contribution < 1.29 is 27.2 Å². The largest absolute Gasteiger partial charge is 0.464 e. The maximum absolute atomic E-state index is 13.6. The van der Waals surface area contributed by atoms with E-state index in [1.807, 2.05) is 49.3 Å². The van der Waals surface area contributed by atoms with Crippen LogP contribution in [0.4, 0.5) is 13.2 Å². The molecule has 10 heteroatoms.